The van der Waals surface area contributed by atoms with E-state index in [9.17, 15) is 4.79 Å². The molecule has 1 rings (SSSR count). The first kappa shape index (κ1) is 15.3. The Morgan fingerprint density at radius 3 is 2.53 bits per heavy atom. The van der Waals surface area contributed by atoms with Crippen molar-refractivity contribution in [1.82, 2.24) is 4.90 Å². The zero-order chi connectivity index (χ0) is 14.4. The molecule has 0 aliphatic rings. The zero-order valence-electron chi connectivity index (χ0n) is 11.8. The molecule has 0 amide bonds. The quantitative estimate of drug-likeness (QED) is 0.820. The molecule has 19 heavy (non-hydrogen) atoms. The van der Waals surface area contributed by atoms with Crippen molar-refractivity contribution in [3.8, 4) is 11.5 Å². The predicted octanol–water partition coefficient (Wildman–Crippen LogP) is 2.11. The number of rotatable bonds is 7. The minimum absolute atomic E-state index is 0.00637. The van der Waals surface area contributed by atoms with E-state index in [1.54, 1.807) is 6.07 Å². The first-order valence-electron chi connectivity index (χ1n) is 6.21. The third-order valence-electron chi connectivity index (χ3n) is 2.35. The highest BCUT2D eigenvalue weighted by Gasteiger charge is 2.12. The van der Waals surface area contributed by atoms with Crippen LogP contribution in [0.25, 0.3) is 0 Å². The molecule has 1 aromatic carbocycles. The van der Waals surface area contributed by atoms with Gasteiger partial charge in [-0.25, -0.2) is 4.79 Å². The van der Waals surface area contributed by atoms with Gasteiger partial charge < -0.3 is 19.5 Å². The Labute approximate surface area is 113 Å². The third-order valence-corrected chi connectivity index (χ3v) is 2.35. The lowest BCUT2D eigenvalue weighted by molar-refractivity contribution is 0.0696. The fourth-order valence-electron chi connectivity index (χ4n) is 1.44. The Kier molecular flexibility index (Phi) is 5.63. The fraction of sp³-hybridized carbons (Fsp3) is 0.500. The molecule has 0 aliphatic carbocycles. The molecule has 0 aromatic heterocycles. The molecule has 0 saturated heterocycles. The third kappa shape index (κ3) is 5.18. The van der Waals surface area contributed by atoms with E-state index < -0.39 is 5.97 Å². The molecule has 5 heteroatoms. The van der Waals surface area contributed by atoms with Gasteiger partial charge in [-0.3, -0.25) is 0 Å². The standard InChI is InChI=1S/C14H21NO4/c1-10(2)19-12-6-5-11(14(16)17)9-13(12)18-8-7-15(3)4/h5-6,9-10H,7-8H2,1-4H3,(H,16,17). The summed E-state index contributed by atoms with van der Waals surface area (Å²) in [5, 5.41) is 8.99. The van der Waals surface area contributed by atoms with Crippen molar-refractivity contribution in [3.05, 3.63) is 23.8 Å². The summed E-state index contributed by atoms with van der Waals surface area (Å²) < 4.78 is 11.2. The molecule has 0 atom stereocenters. The molecule has 1 aromatic rings. The van der Waals surface area contributed by atoms with Crippen molar-refractivity contribution in [2.24, 2.45) is 0 Å². The monoisotopic (exact) mass is 267 g/mol. The molecule has 0 heterocycles. The van der Waals surface area contributed by atoms with Crippen LogP contribution in [0.2, 0.25) is 0 Å². The highest BCUT2D eigenvalue weighted by atomic mass is 16.5. The van der Waals surface area contributed by atoms with Crippen LogP contribution >= 0.6 is 0 Å². The SMILES string of the molecule is CC(C)Oc1ccc(C(=O)O)cc1OCCN(C)C. The zero-order valence-corrected chi connectivity index (χ0v) is 11.8. The number of aromatic carboxylic acids is 1. The van der Waals surface area contributed by atoms with Gasteiger partial charge in [0.1, 0.15) is 6.61 Å². The van der Waals surface area contributed by atoms with Crippen LogP contribution in [0.3, 0.4) is 0 Å². The number of hydrogen-bond acceptors (Lipinski definition) is 4. The number of hydrogen-bond donors (Lipinski definition) is 1. The maximum absolute atomic E-state index is 11.0. The number of carboxylic acid groups (broad SMARTS) is 1. The molecule has 0 fully saturated rings. The summed E-state index contributed by atoms with van der Waals surface area (Å²) in [6, 6.07) is 4.64. The maximum atomic E-state index is 11.0. The second-order valence-corrected chi connectivity index (χ2v) is 4.79. The number of ether oxygens (including phenoxy) is 2. The molecule has 0 saturated carbocycles. The Morgan fingerprint density at radius 1 is 1.32 bits per heavy atom. The van der Waals surface area contributed by atoms with Crippen molar-refractivity contribution in [2.45, 2.75) is 20.0 Å². The van der Waals surface area contributed by atoms with Gasteiger partial charge in [-0.15, -0.1) is 0 Å². The lowest BCUT2D eigenvalue weighted by Gasteiger charge is -2.16. The summed E-state index contributed by atoms with van der Waals surface area (Å²) in [7, 11) is 3.89. The predicted molar refractivity (Wildman–Crippen MR) is 73.2 cm³/mol. The van der Waals surface area contributed by atoms with E-state index in [1.165, 1.54) is 12.1 Å². The highest BCUT2D eigenvalue weighted by molar-refractivity contribution is 5.88. The summed E-state index contributed by atoms with van der Waals surface area (Å²) in [5.74, 6) is 0.0581. The number of nitrogens with zero attached hydrogens (tertiary/aromatic N) is 1. The molecule has 0 spiro atoms. The van der Waals surface area contributed by atoms with E-state index in [2.05, 4.69) is 0 Å². The second kappa shape index (κ2) is 6.99. The van der Waals surface area contributed by atoms with Crippen LogP contribution in [0.15, 0.2) is 18.2 Å². The minimum Gasteiger partial charge on any atom is -0.488 e. The van der Waals surface area contributed by atoms with Gasteiger partial charge in [0.2, 0.25) is 0 Å². The van der Waals surface area contributed by atoms with Gasteiger partial charge >= 0.3 is 5.97 Å². The molecular weight excluding hydrogens is 246 g/mol. The van der Waals surface area contributed by atoms with Gasteiger partial charge in [-0.1, -0.05) is 0 Å². The molecule has 5 nitrogen and oxygen atoms in total. The molecular formula is C14H21NO4. The van der Waals surface area contributed by atoms with Crippen LogP contribution in [0.4, 0.5) is 0 Å². The lowest BCUT2D eigenvalue weighted by Crippen LogP contribution is -2.20. The van der Waals surface area contributed by atoms with E-state index >= 15 is 0 Å². The summed E-state index contributed by atoms with van der Waals surface area (Å²) in [4.78, 5) is 13.0. The molecule has 106 valence electrons. The fourth-order valence-corrected chi connectivity index (χ4v) is 1.44. The maximum Gasteiger partial charge on any atom is 0.335 e. The van der Waals surface area contributed by atoms with Crippen molar-refractivity contribution in [2.75, 3.05) is 27.2 Å². The summed E-state index contributed by atoms with van der Waals surface area (Å²) in [5.41, 5.74) is 0.191. The highest BCUT2D eigenvalue weighted by Crippen LogP contribution is 2.29. The number of carbonyl (C=O) groups is 1. The second-order valence-electron chi connectivity index (χ2n) is 4.79. The summed E-state index contributed by atoms with van der Waals surface area (Å²) in [6.07, 6.45) is 0.00637. The smallest absolute Gasteiger partial charge is 0.335 e. The number of carboxylic acids is 1. The average molecular weight is 267 g/mol. The molecule has 0 unspecified atom stereocenters. The van der Waals surface area contributed by atoms with Crippen molar-refractivity contribution in [3.63, 3.8) is 0 Å². The molecule has 1 N–H and O–H groups in total. The van der Waals surface area contributed by atoms with E-state index in [0.29, 0.717) is 18.1 Å². The first-order valence-corrected chi connectivity index (χ1v) is 6.21. The van der Waals surface area contributed by atoms with Crippen LogP contribution in [-0.4, -0.2) is 49.3 Å². The van der Waals surface area contributed by atoms with Crippen molar-refractivity contribution < 1.29 is 19.4 Å². The Bertz CT molecular complexity index is 429. The van der Waals surface area contributed by atoms with Crippen LogP contribution < -0.4 is 9.47 Å². The van der Waals surface area contributed by atoms with E-state index in [1.807, 2.05) is 32.8 Å². The van der Waals surface area contributed by atoms with Crippen molar-refractivity contribution in [1.29, 1.82) is 0 Å². The Morgan fingerprint density at radius 2 is 2.00 bits per heavy atom. The largest absolute Gasteiger partial charge is 0.488 e. The summed E-state index contributed by atoms with van der Waals surface area (Å²) >= 11 is 0. The van der Waals surface area contributed by atoms with Gasteiger partial charge in [-0.2, -0.15) is 0 Å². The lowest BCUT2D eigenvalue weighted by atomic mass is 10.2. The van der Waals surface area contributed by atoms with Crippen LogP contribution in [-0.2, 0) is 0 Å². The van der Waals surface area contributed by atoms with Gasteiger partial charge in [0.15, 0.2) is 11.5 Å². The van der Waals surface area contributed by atoms with Gasteiger partial charge in [0.05, 0.1) is 11.7 Å². The van der Waals surface area contributed by atoms with Crippen LogP contribution in [0.1, 0.15) is 24.2 Å². The Balaban J connectivity index is 2.87. The molecule has 0 aliphatic heterocycles. The van der Waals surface area contributed by atoms with E-state index in [-0.39, 0.29) is 11.7 Å². The number of likely N-dealkylation sites (N-methyl/N-ethyl adjacent to an activating group) is 1. The average Bonchev–Trinajstić information content (AvgIpc) is 2.29. The molecule has 0 radical (unpaired) electrons. The first-order chi connectivity index (χ1) is 8.90. The Hall–Kier alpha value is -1.75. The van der Waals surface area contributed by atoms with Crippen LogP contribution in [0.5, 0.6) is 11.5 Å². The topological polar surface area (TPSA) is 59.0 Å². The molecule has 0 bridgehead atoms. The van der Waals surface area contributed by atoms with E-state index in [4.69, 9.17) is 14.6 Å². The van der Waals surface area contributed by atoms with Gasteiger partial charge in [0.25, 0.3) is 0 Å². The normalized spacial score (nSPS) is 10.8. The van der Waals surface area contributed by atoms with Gasteiger partial charge in [0, 0.05) is 6.54 Å². The summed E-state index contributed by atoms with van der Waals surface area (Å²) in [6.45, 7) is 5.05. The number of benzene rings is 1. The minimum atomic E-state index is -0.978. The van der Waals surface area contributed by atoms with E-state index in [0.717, 1.165) is 6.54 Å². The van der Waals surface area contributed by atoms with Crippen molar-refractivity contribution >= 4 is 5.97 Å². The van der Waals surface area contributed by atoms with Gasteiger partial charge in [-0.05, 0) is 46.1 Å². The van der Waals surface area contributed by atoms with Crippen LogP contribution in [0, 0.1) is 0 Å².